The summed E-state index contributed by atoms with van der Waals surface area (Å²) in [5.74, 6) is 0. The van der Waals surface area contributed by atoms with Crippen molar-refractivity contribution in [3.8, 4) is 0 Å². The molecule has 2 atom stereocenters. The van der Waals surface area contributed by atoms with Gasteiger partial charge in [0.15, 0.2) is 0 Å². The molecule has 0 fully saturated rings. The molecule has 0 rings (SSSR count). The molecule has 1 N–H and O–H groups in total. The predicted octanol–water partition coefficient (Wildman–Crippen LogP) is 5.48. The molecule has 0 radical (unpaired) electrons. The van der Waals surface area contributed by atoms with E-state index in [1.54, 1.807) is 0 Å². The summed E-state index contributed by atoms with van der Waals surface area (Å²) >= 11 is 0. The first-order chi connectivity index (χ1) is 9.24. The van der Waals surface area contributed by atoms with Crippen LogP contribution >= 0.6 is 17.9 Å². The highest BCUT2D eigenvalue weighted by molar-refractivity contribution is 7.92. The Labute approximate surface area is 133 Å². The van der Waals surface area contributed by atoms with Crippen molar-refractivity contribution >= 4 is 17.9 Å². The van der Waals surface area contributed by atoms with Gasteiger partial charge in [0, 0.05) is 0 Å². The fourth-order valence-electron chi connectivity index (χ4n) is 2.64. The molecule has 2 nitrogen and oxygen atoms in total. The summed E-state index contributed by atoms with van der Waals surface area (Å²) in [6.07, 6.45) is 11.1. The zero-order chi connectivity index (χ0) is 15.0. The Morgan fingerprint density at radius 3 is 0.900 bits per heavy atom. The van der Waals surface area contributed by atoms with Gasteiger partial charge < -0.3 is 9.96 Å². The molecule has 0 aromatic rings. The van der Waals surface area contributed by atoms with E-state index < -0.39 is 0 Å². The first-order valence-electron chi connectivity index (χ1n) is 8.43. The Morgan fingerprint density at radius 2 is 0.750 bits per heavy atom. The van der Waals surface area contributed by atoms with E-state index in [0.29, 0.717) is 0 Å². The molecule has 0 amide bonds. The third-order valence-corrected chi connectivity index (χ3v) is 3.94. The van der Waals surface area contributed by atoms with Crippen LogP contribution in [0.5, 0.6) is 0 Å². The molecule has 0 aliphatic rings. The number of hydrogen-bond acceptors (Lipinski definition) is 1. The Bertz CT molecular complexity index is 131. The van der Waals surface area contributed by atoms with Crippen molar-refractivity contribution in [2.45, 2.75) is 79.1 Å². The normalized spacial score (nSPS) is 10.5. The minimum Gasteiger partial charge on any atom is -0.870 e. The van der Waals surface area contributed by atoms with Gasteiger partial charge in [-0.25, -0.2) is 0 Å². The van der Waals surface area contributed by atoms with Crippen LogP contribution in [0.1, 0.15) is 79.1 Å². The molecule has 2 unspecified atom stereocenters. The molecule has 0 aromatic carbocycles. The smallest absolute Gasteiger partial charge is 0.0786 e. The standard InChI is InChI=1S/C16H36N.H2O.H4P2/c1-5-9-13-17(14-10-6-2,15-11-7-3)16-12-8-4;;1-2/h5-16H2,1-4H3;1H2;1-2H2/q+1;;/p-1. The van der Waals surface area contributed by atoms with Crippen LogP contribution < -0.4 is 0 Å². The Kier molecular flexibility index (Phi) is 25.4. The van der Waals surface area contributed by atoms with Gasteiger partial charge >= 0.3 is 0 Å². The second-order valence-corrected chi connectivity index (χ2v) is 5.65. The highest BCUT2D eigenvalue weighted by Gasteiger charge is 2.24. The topological polar surface area (TPSA) is 30.0 Å². The minimum absolute atomic E-state index is 0. The van der Waals surface area contributed by atoms with Crippen molar-refractivity contribution in [3.63, 3.8) is 0 Å². The van der Waals surface area contributed by atoms with Crippen LogP contribution in [-0.4, -0.2) is 36.1 Å². The van der Waals surface area contributed by atoms with E-state index in [9.17, 15) is 0 Å². The molecule has 0 heterocycles. The average molecular weight is 325 g/mol. The monoisotopic (exact) mass is 325 g/mol. The lowest BCUT2D eigenvalue weighted by Gasteiger charge is -2.39. The van der Waals surface area contributed by atoms with E-state index in [-0.39, 0.29) is 5.48 Å². The molecule has 126 valence electrons. The summed E-state index contributed by atoms with van der Waals surface area (Å²) in [6.45, 7) is 15.0. The van der Waals surface area contributed by atoms with Crippen LogP contribution in [0.3, 0.4) is 0 Å². The zero-order valence-corrected chi connectivity index (χ0v) is 16.8. The van der Waals surface area contributed by atoms with Gasteiger partial charge in [-0.2, -0.15) is 0 Å². The van der Waals surface area contributed by atoms with Gasteiger partial charge in [0.05, 0.1) is 26.2 Å². The van der Waals surface area contributed by atoms with Crippen LogP contribution in [0.15, 0.2) is 0 Å². The molecular formula is C16H41NOP2. The molecule has 0 aliphatic carbocycles. The zero-order valence-electron chi connectivity index (χ0n) is 14.5. The summed E-state index contributed by atoms with van der Waals surface area (Å²) in [4.78, 5) is 0. The molecule has 0 aliphatic heterocycles. The predicted molar refractivity (Wildman–Crippen MR) is 101 cm³/mol. The van der Waals surface area contributed by atoms with Crippen molar-refractivity contribution in [2.24, 2.45) is 0 Å². The number of quaternary nitrogens is 1. The van der Waals surface area contributed by atoms with Gasteiger partial charge in [-0.15, -0.1) is 17.9 Å². The summed E-state index contributed by atoms with van der Waals surface area (Å²) in [6, 6.07) is 0. The maximum atomic E-state index is 2.33. The number of nitrogens with zero attached hydrogens (tertiary/aromatic N) is 1. The SMILES string of the molecule is CCCC[N+](CCCC)(CCCC)CCCC.PP.[OH-]. The van der Waals surface area contributed by atoms with Gasteiger partial charge in [0.2, 0.25) is 0 Å². The summed E-state index contributed by atoms with van der Waals surface area (Å²) in [5, 5.41) is 0. The maximum Gasteiger partial charge on any atom is 0.0786 e. The van der Waals surface area contributed by atoms with Crippen molar-refractivity contribution in [3.05, 3.63) is 0 Å². The van der Waals surface area contributed by atoms with E-state index in [0.717, 1.165) is 0 Å². The maximum absolute atomic E-state index is 2.33. The molecule has 0 bridgehead atoms. The number of unbranched alkanes of at least 4 members (excludes halogenated alkanes) is 4. The number of hydrogen-bond donors (Lipinski definition) is 0. The van der Waals surface area contributed by atoms with Crippen molar-refractivity contribution in [1.29, 1.82) is 0 Å². The van der Waals surface area contributed by atoms with Gasteiger partial charge in [0.1, 0.15) is 0 Å². The van der Waals surface area contributed by atoms with Crippen LogP contribution in [0, 0.1) is 0 Å². The fourth-order valence-corrected chi connectivity index (χ4v) is 2.64. The first kappa shape index (κ1) is 25.7. The average Bonchev–Trinajstić information content (AvgIpc) is 2.48. The van der Waals surface area contributed by atoms with E-state index in [2.05, 4.69) is 45.6 Å². The van der Waals surface area contributed by atoms with E-state index in [4.69, 9.17) is 0 Å². The summed E-state index contributed by atoms with van der Waals surface area (Å²) in [5.41, 5.74) is 0. The highest BCUT2D eigenvalue weighted by Crippen LogP contribution is 2.16. The Morgan fingerprint density at radius 1 is 0.550 bits per heavy atom. The van der Waals surface area contributed by atoms with Gasteiger partial charge in [0.25, 0.3) is 0 Å². The lowest BCUT2D eigenvalue weighted by Crippen LogP contribution is -2.50. The van der Waals surface area contributed by atoms with E-state index in [1.165, 1.54) is 82.0 Å². The third-order valence-electron chi connectivity index (χ3n) is 3.94. The molecular weight excluding hydrogens is 284 g/mol. The molecule has 4 heteroatoms. The van der Waals surface area contributed by atoms with Gasteiger partial charge in [-0.3, -0.25) is 0 Å². The van der Waals surface area contributed by atoms with E-state index >= 15 is 0 Å². The summed E-state index contributed by atoms with van der Waals surface area (Å²) < 4.78 is 1.42. The number of rotatable bonds is 12. The molecule has 0 saturated carbocycles. The van der Waals surface area contributed by atoms with Crippen molar-refractivity contribution < 1.29 is 9.96 Å². The summed E-state index contributed by atoms with van der Waals surface area (Å²) in [7, 11) is 4.67. The van der Waals surface area contributed by atoms with Gasteiger partial charge in [-0.1, -0.05) is 53.4 Å². The lowest BCUT2D eigenvalue weighted by atomic mass is 10.1. The molecule has 20 heavy (non-hydrogen) atoms. The third kappa shape index (κ3) is 13.7. The quantitative estimate of drug-likeness (QED) is 0.345. The molecule has 0 aromatic heterocycles. The second kappa shape index (κ2) is 19.8. The highest BCUT2D eigenvalue weighted by atomic mass is 32.0. The molecule has 0 saturated heterocycles. The van der Waals surface area contributed by atoms with Gasteiger partial charge in [-0.05, 0) is 25.7 Å². The fraction of sp³-hybridized carbons (Fsp3) is 1.00. The lowest BCUT2D eigenvalue weighted by molar-refractivity contribution is -0.929. The van der Waals surface area contributed by atoms with Crippen LogP contribution in [0.25, 0.3) is 0 Å². The van der Waals surface area contributed by atoms with Crippen molar-refractivity contribution in [2.75, 3.05) is 26.2 Å². The van der Waals surface area contributed by atoms with Crippen LogP contribution in [0.4, 0.5) is 0 Å². The minimum atomic E-state index is 0. The van der Waals surface area contributed by atoms with Crippen LogP contribution in [-0.2, 0) is 0 Å². The van der Waals surface area contributed by atoms with Crippen LogP contribution in [0.2, 0.25) is 0 Å². The second-order valence-electron chi connectivity index (χ2n) is 5.65. The van der Waals surface area contributed by atoms with Crippen molar-refractivity contribution in [1.82, 2.24) is 0 Å². The Hall–Kier alpha value is 0.780. The molecule has 0 spiro atoms. The Balaban J connectivity index is -0.000000916. The van der Waals surface area contributed by atoms with E-state index in [1.807, 2.05) is 0 Å². The largest absolute Gasteiger partial charge is 0.870 e. The first-order valence-corrected chi connectivity index (χ1v) is 11.1.